The molecule has 0 atom stereocenters. The Hall–Kier alpha value is -2.05. The minimum atomic E-state index is -3.56. The first-order valence-corrected chi connectivity index (χ1v) is 10.0. The van der Waals surface area contributed by atoms with Gasteiger partial charge >= 0.3 is 0 Å². The molecule has 0 aliphatic carbocycles. The third-order valence-corrected chi connectivity index (χ3v) is 5.06. The molecule has 0 aliphatic rings. The van der Waals surface area contributed by atoms with Crippen molar-refractivity contribution < 1.29 is 13.2 Å². The zero-order chi connectivity index (χ0) is 18.4. The molecule has 1 N–H and O–H groups in total. The SMILES string of the molecule is Cc1ccccc1N(CC(=O)NCCc1cccc(Cl)c1)S(C)(=O)=O. The van der Waals surface area contributed by atoms with Crippen LogP contribution in [0.3, 0.4) is 0 Å². The summed E-state index contributed by atoms with van der Waals surface area (Å²) in [6.07, 6.45) is 1.72. The number of nitrogens with one attached hydrogen (secondary N) is 1. The van der Waals surface area contributed by atoms with Gasteiger partial charge in [-0.05, 0) is 42.7 Å². The number of amides is 1. The molecule has 1 amide bonds. The summed E-state index contributed by atoms with van der Waals surface area (Å²) >= 11 is 5.93. The molecule has 2 aromatic carbocycles. The second-order valence-electron chi connectivity index (χ2n) is 5.79. The van der Waals surface area contributed by atoms with Crippen molar-refractivity contribution in [3.05, 3.63) is 64.7 Å². The summed E-state index contributed by atoms with van der Waals surface area (Å²) in [4.78, 5) is 12.2. The Kier molecular flexibility index (Phi) is 6.45. The summed E-state index contributed by atoms with van der Waals surface area (Å²) < 4.78 is 25.3. The van der Waals surface area contributed by atoms with Crippen LogP contribution >= 0.6 is 11.6 Å². The lowest BCUT2D eigenvalue weighted by Gasteiger charge is -2.23. The number of carbonyl (C=O) groups is 1. The number of carbonyl (C=O) groups excluding carboxylic acids is 1. The molecular weight excluding hydrogens is 360 g/mol. The highest BCUT2D eigenvalue weighted by atomic mass is 35.5. The Morgan fingerprint density at radius 1 is 1.16 bits per heavy atom. The molecule has 0 aliphatic heterocycles. The van der Waals surface area contributed by atoms with Crippen LogP contribution in [0.4, 0.5) is 5.69 Å². The maximum atomic E-state index is 12.2. The highest BCUT2D eigenvalue weighted by Gasteiger charge is 2.21. The van der Waals surface area contributed by atoms with E-state index in [0.717, 1.165) is 21.7 Å². The standard InChI is InChI=1S/C18H21ClN2O3S/c1-14-6-3-4-9-17(14)21(25(2,23)24)13-18(22)20-11-10-15-7-5-8-16(19)12-15/h3-9,12H,10-11,13H2,1-2H3,(H,20,22). The minimum absolute atomic E-state index is 0.251. The highest BCUT2D eigenvalue weighted by molar-refractivity contribution is 7.92. The zero-order valence-corrected chi connectivity index (χ0v) is 15.8. The van der Waals surface area contributed by atoms with Crippen LogP contribution in [0.15, 0.2) is 48.5 Å². The third-order valence-electron chi connectivity index (χ3n) is 3.70. The fraction of sp³-hybridized carbons (Fsp3) is 0.278. The molecule has 0 saturated carbocycles. The summed E-state index contributed by atoms with van der Waals surface area (Å²) in [6, 6.07) is 14.5. The molecule has 0 aromatic heterocycles. The van der Waals surface area contributed by atoms with Gasteiger partial charge in [0.1, 0.15) is 6.54 Å². The normalized spacial score (nSPS) is 11.2. The Balaban J connectivity index is 2.00. The molecule has 0 radical (unpaired) electrons. The Labute approximate surface area is 153 Å². The number of aryl methyl sites for hydroxylation is 1. The lowest BCUT2D eigenvalue weighted by Crippen LogP contribution is -2.41. The van der Waals surface area contributed by atoms with E-state index in [-0.39, 0.29) is 12.5 Å². The lowest BCUT2D eigenvalue weighted by molar-refractivity contribution is -0.119. The van der Waals surface area contributed by atoms with Crippen molar-refractivity contribution in [2.45, 2.75) is 13.3 Å². The molecule has 5 nitrogen and oxygen atoms in total. The molecule has 134 valence electrons. The predicted molar refractivity (Wildman–Crippen MR) is 102 cm³/mol. The van der Waals surface area contributed by atoms with Gasteiger partial charge in [0.25, 0.3) is 0 Å². The molecule has 2 aromatic rings. The van der Waals surface area contributed by atoms with Crippen molar-refractivity contribution in [3.63, 3.8) is 0 Å². The molecule has 0 fully saturated rings. The largest absolute Gasteiger partial charge is 0.354 e. The van der Waals surface area contributed by atoms with Gasteiger partial charge in [0.05, 0.1) is 11.9 Å². The number of hydrogen-bond acceptors (Lipinski definition) is 3. The van der Waals surface area contributed by atoms with Gasteiger partial charge in [0.2, 0.25) is 15.9 Å². The van der Waals surface area contributed by atoms with Crippen molar-refractivity contribution in [1.82, 2.24) is 5.32 Å². The van der Waals surface area contributed by atoms with Crippen molar-refractivity contribution in [2.24, 2.45) is 0 Å². The molecular formula is C18H21ClN2O3S. The fourth-order valence-electron chi connectivity index (χ4n) is 2.45. The maximum absolute atomic E-state index is 12.2. The smallest absolute Gasteiger partial charge is 0.240 e. The predicted octanol–water partition coefficient (Wildman–Crippen LogP) is 2.77. The molecule has 0 unspecified atom stereocenters. The first-order valence-electron chi connectivity index (χ1n) is 7.82. The van der Waals surface area contributed by atoms with Crippen LogP contribution in [0, 0.1) is 6.92 Å². The monoisotopic (exact) mass is 380 g/mol. The number of sulfonamides is 1. The van der Waals surface area contributed by atoms with Gasteiger partial charge in [-0.3, -0.25) is 9.10 Å². The van der Waals surface area contributed by atoms with Crippen LogP contribution in [0.5, 0.6) is 0 Å². The molecule has 0 spiro atoms. The van der Waals surface area contributed by atoms with Crippen LogP contribution in [0.1, 0.15) is 11.1 Å². The van der Waals surface area contributed by atoms with Crippen molar-refractivity contribution in [2.75, 3.05) is 23.7 Å². The molecule has 2 rings (SSSR count). The van der Waals surface area contributed by atoms with Gasteiger partial charge in [0, 0.05) is 11.6 Å². The van der Waals surface area contributed by atoms with Crippen LogP contribution < -0.4 is 9.62 Å². The van der Waals surface area contributed by atoms with Crippen molar-refractivity contribution in [3.8, 4) is 0 Å². The topological polar surface area (TPSA) is 66.5 Å². The Morgan fingerprint density at radius 2 is 1.88 bits per heavy atom. The average Bonchev–Trinajstić information content (AvgIpc) is 2.52. The first kappa shape index (κ1) is 19.3. The molecule has 0 bridgehead atoms. The van der Waals surface area contributed by atoms with E-state index >= 15 is 0 Å². The zero-order valence-electron chi connectivity index (χ0n) is 14.2. The van der Waals surface area contributed by atoms with Crippen molar-refractivity contribution in [1.29, 1.82) is 0 Å². The summed E-state index contributed by atoms with van der Waals surface area (Å²) in [7, 11) is -3.56. The molecule has 7 heteroatoms. The summed E-state index contributed by atoms with van der Waals surface area (Å²) in [5.41, 5.74) is 2.31. The fourth-order valence-corrected chi connectivity index (χ4v) is 3.58. The maximum Gasteiger partial charge on any atom is 0.240 e. The molecule has 25 heavy (non-hydrogen) atoms. The first-order chi connectivity index (χ1) is 11.8. The summed E-state index contributed by atoms with van der Waals surface area (Å²) in [5, 5.41) is 3.40. The van der Waals surface area contributed by atoms with E-state index in [9.17, 15) is 13.2 Å². The van der Waals surface area contributed by atoms with E-state index in [1.807, 2.05) is 37.3 Å². The Bertz CT molecular complexity index is 853. The quantitative estimate of drug-likeness (QED) is 0.803. The van der Waals surface area contributed by atoms with Crippen LogP contribution in [-0.4, -0.2) is 33.7 Å². The average molecular weight is 381 g/mol. The summed E-state index contributed by atoms with van der Waals surface area (Å²) in [5.74, 6) is -0.351. The van der Waals surface area contributed by atoms with E-state index in [4.69, 9.17) is 11.6 Å². The third kappa shape index (κ3) is 5.76. The van der Waals surface area contributed by atoms with Gasteiger partial charge in [0.15, 0.2) is 0 Å². The van der Waals surface area contributed by atoms with E-state index in [1.54, 1.807) is 18.2 Å². The van der Waals surface area contributed by atoms with Gasteiger partial charge in [-0.25, -0.2) is 8.42 Å². The number of rotatable bonds is 7. The Morgan fingerprint density at radius 3 is 2.52 bits per heavy atom. The number of para-hydroxylation sites is 1. The second-order valence-corrected chi connectivity index (χ2v) is 8.13. The number of nitrogens with zero attached hydrogens (tertiary/aromatic N) is 1. The van der Waals surface area contributed by atoms with E-state index in [0.29, 0.717) is 23.7 Å². The second kappa shape index (κ2) is 8.36. The van der Waals surface area contributed by atoms with Crippen LogP contribution in [-0.2, 0) is 21.2 Å². The minimum Gasteiger partial charge on any atom is -0.354 e. The number of benzene rings is 2. The molecule has 0 saturated heterocycles. The van der Waals surface area contributed by atoms with Crippen LogP contribution in [0.25, 0.3) is 0 Å². The van der Waals surface area contributed by atoms with Gasteiger partial charge in [-0.2, -0.15) is 0 Å². The molecule has 0 heterocycles. The van der Waals surface area contributed by atoms with Gasteiger partial charge in [-0.15, -0.1) is 0 Å². The van der Waals surface area contributed by atoms with Gasteiger partial charge in [-0.1, -0.05) is 41.9 Å². The highest BCUT2D eigenvalue weighted by Crippen LogP contribution is 2.21. The number of anilines is 1. The van der Waals surface area contributed by atoms with E-state index in [2.05, 4.69) is 5.32 Å². The number of halogens is 1. The summed E-state index contributed by atoms with van der Waals surface area (Å²) in [6.45, 7) is 1.97. The lowest BCUT2D eigenvalue weighted by atomic mass is 10.1. The number of hydrogen-bond donors (Lipinski definition) is 1. The van der Waals surface area contributed by atoms with Gasteiger partial charge < -0.3 is 5.32 Å². The van der Waals surface area contributed by atoms with Crippen molar-refractivity contribution >= 4 is 33.2 Å². The van der Waals surface area contributed by atoms with E-state index in [1.165, 1.54) is 0 Å². The van der Waals surface area contributed by atoms with E-state index < -0.39 is 10.0 Å². The van der Waals surface area contributed by atoms with Crippen LogP contribution in [0.2, 0.25) is 5.02 Å².